The highest BCUT2D eigenvalue weighted by atomic mass is 19.4. The van der Waals surface area contributed by atoms with E-state index in [1.807, 2.05) is 35.2 Å². The molecule has 188 valence electrons. The molecule has 0 aliphatic heterocycles. The molecule has 2 fully saturated rings. The summed E-state index contributed by atoms with van der Waals surface area (Å²) in [4.78, 5) is 27.2. The van der Waals surface area contributed by atoms with Crippen LogP contribution in [-0.4, -0.2) is 40.1 Å². The zero-order valence-electron chi connectivity index (χ0n) is 19.7. The number of nitrogens with zero attached hydrogens (tertiary/aromatic N) is 1. The Kier molecular flexibility index (Phi) is 6.70. The molecule has 3 N–H and O–H groups in total. The van der Waals surface area contributed by atoms with E-state index in [0.29, 0.717) is 38.2 Å². The molecular formula is C27H31F3N2O3. The van der Waals surface area contributed by atoms with Crippen LogP contribution in [0.5, 0.6) is 0 Å². The van der Waals surface area contributed by atoms with Gasteiger partial charge in [0.25, 0.3) is 5.91 Å². The number of alkyl halides is 3. The lowest BCUT2D eigenvalue weighted by Crippen LogP contribution is -2.47. The van der Waals surface area contributed by atoms with Gasteiger partial charge in [0.1, 0.15) is 0 Å². The van der Waals surface area contributed by atoms with Crippen molar-refractivity contribution in [3.05, 3.63) is 71.3 Å². The number of nitrogens with two attached hydrogens (primary N) is 1. The summed E-state index contributed by atoms with van der Waals surface area (Å²) in [5.41, 5.74) is 3.33. The summed E-state index contributed by atoms with van der Waals surface area (Å²) < 4.78 is 39.5. The summed E-state index contributed by atoms with van der Waals surface area (Å²) in [6, 6.07) is 15.0. The Morgan fingerprint density at radius 1 is 0.971 bits per heavy atom. The van der Waals surface area contributed by atoms with Gasteiger partial charge in [0.15, 0.2) is 5.60 Å². The van der Waals surface area contributed by atoms with Crippen molar-refractivity contribution >= 4 is 11.8 Å². The second kappa shape index (κ2) is 9.30. The topological polar surface area (TPSA) is 83.6 Å². The molecule has 0 unspecified atom stereocenters. The molecule has 0 bridgehead atoms. The molecule has 0 spiro atoms. The first-order valence-corrected chi connectivity index (χ1v) is 12.0. The van der Waals surface area contributed by atoms with Crippen molar-refractivity contribution in [3.8, 4) is 0 Å². The average Bonchev–Trinajstić information content (AvgIpc) is 3.65. The molecule has 0 aromatic heterocycles. The number of aliphatic hydroxyl groups is 1. The Morgan fingerprint density at radius 2 is 1.51 bits per heavy atom. The highest BCUT2D eigenvalue weighted by Crippen LogP contribution is 2.45. The molecular weight excluding hydrogens is 457 g/mol. The first-order valence-electron chi connectivity index (χ1n) is 12.0. The normalized spacial score (nSPS) is 24.4. The van der Waals surface area contributed by atoms with E-state index in [1.165, 1.54) is 24.3 Å². The Bertz CT molecular complexity index is 1060. The van der Waals surface area contributed by atoms with Gasteiger partial charge in [-0.3, -0.25) is 9.59 Å². The number of amides is 2. The third-order valence-electron chi connectivity index (χ3n) is 7.63. The molecule has 2 amide bonds. The van der Waals surface area contributed by atoms with Gasteiger partial charge in [-0.1, -0.05) is 42.5 Å². The van der Waals surface area contributed by atoms with Gasteiger partial charge in [-0.2, -0.15) is 13.2 Å². The van der Waals surface area contributed by atoms with Crippen LogP contribution in [0.25, 0.3) is 0 Å². The molecule has 35 heavy (non-hydrogen) atoms. The van der Waals surface area contributed by atoms with Crippen LogP contribution in [0.1, 0.15) is 73.4 Å². The number of rotatable bonds is 7. The zero-order chi connectivity index (χ0) is 25.4. The number of halogens is 3. The third-order valence-corrected chi connectivity index (χ3v) is 7.63. The van der Waals surface area contributed by atoms with E-state index in [-0.39, 0.29) is 41.3 Å². The molecule has 2 saturated carbocycles. The number of carbonyl (C=O) groups excluding carboxylic acids is 2. The van der Waals surface area contributed by atoms with Crippen molar-refractivity contribution in [2.24, 2.45) is 5.73 Å². The van der Waals surface area contributed by atoms with E-state index in [4.69, 9.17) is 5.73 Å². The van der Waals surface area contributed by atoms with Crippen LogP contribution in [0.15, 0.2) is 54.6 Å². The van der Waals surface area contributed by atoms with Gasteiger partial charge in [0.2, 0.25) is 5.91 Å². The average molecular weight is 489 g/mol. The summed E-state index contributed by atoms with van der Waals surface area (Å²) in [5, 5.41) is 9.92. The number of primary amides is 1. The van der Waals surface area contributed by atoms with Crippen molar-refractivity contribution in [2.75, 3.05) is 0 Å². The first-order chi connectivity index (χ1) is 16.4. The van der Waals surface area contributed by atoms with Gasteiger partial charge >= 0.3 is 6.18 Å². The molecule has 2 aromatic rings. The SMILES string of the molecule is C[C@](O)(c1ccc(C(=O)N(C2CC2)C2CCC(CC(N)=O)(c3ccccc3)CC2)cc1)C(F)(F)F. The largest absolute Gasteiger partial charge is 0.421 e. The molecule has 1 atom stereocenters. The predicted molar refractivity (Wildman–Crippen MR) is 125 cm³/mol. The number of carbonyl (C=O) groups is 2. The summed E-state index contributed by atoms with van der Waals surface area (Å²) in [6.45, 7) is 0.702. The lowest BCUT2D eigenvalue weighted by Gasteiger charge is -2.44. The fourth-order valence-electron chi connectivity index (χ4n) is 5.36. The monoisotopic (exact) mass is 488 g/mol. The first kappa shape index (κ1) is 25.2. The Morgan fingerprint density at radius 3 is 2.00 bits per heavy atom. The molecule has 5 nitrogen and oxygen atoms in total. The maximum Gasteiger partial charge on any atom is 0.421 e. The van der Waals surface area contributed by atoms with Gasteiger partial charge in [-0.15, -0.1) is 0 Å². The Labute approximate surface area is 203 Å². The molecule has 2 aromatic carbocycles. The number of hydrogen-bond donors (Lipinski definition) is 2. The minimum atomic E-state index is -4.82. The molecule has 2 aliphatic carbocycles. The summed E-state index contributed by atoms with van der Waals surface area (Å²) in [6.07, 6.45) is 0.0839. The molecule has 0 heterocycles. The van der Waals surface area contributed by atoms with Gasteiger partial charge in [-0.05, 0) is 68.7 Å². The van der Waals surface area contributed by atoms with Crippen molar-refractivity contribution < 1.29 is 27.9 Å². The van der Waals surface area contributed by atoms with Crippen molar-refractivity contribution in [1.82, 2.24) is 4.90 Å². The van der Waals surface area contributed by atoms with Crippen LogP contribution >= 0.6 is 0 Å². The lowest BCUT2D eigenvalue weighted by molar-refractivity contribution is -0.258. The summed E-state index contributed by atoms with van der Waals surface area (Å²) >= 11 is 0. The third kappa shape index (κ3) is 5.08. The van der Waals surface area contributed by atoms with Crippen LogP contribution in [0.3, 0.4) is 0 Å². The second-order valence-electron chi connectivity index (χ2n) is 10.1. The van der Waals surface area contributed by atoms with E-state index in [1.54, 1.807) is 0 Å². The maximum atomic E-state index is 13.5. The highest BCUT2D eigenvalue weighted by Gasteiger charge is 2.51. The van der Waals surface area contributed by atoms with Gasteiger partial charge in [0, 0.05) is 29.5 Å². The Hall–Kier alpha value is -2.87. The molecule has 0 saturated heterocycles. The molecule has 2 aliphatic rings. The van der Waals surface area contributed by atoms with E-state index < -0.39 is 11.8 Å². The van der Waals surface area contributed by atoms with E-state index >= 15 is 0 Å². The van der Waals surface area contributed by atoms with E-state index in [9.17, 15) is 27.9 Å². The van der Waals surface area contributed by atoms with E-state index in [2.05, 4.69) is 0 Å². The van der Waals surface area contributed by atoms with Gasteiger partial charge < -0.3 is 15.7 Å². The summed E-state index contributed by atoms with van der Waals surface area (Å²) in [5.74, 6) is -0.560. The molecule has 4 rings (SSSR count). The van der Waals surface area contributed by atoms with E-state index in [0.717, 1.165) is 18.4 Å². The zero-order valence-corrected chi connectivity index (χ0v) is 19.7. The van der Waals surface area contributed by atoms with Crippen LogP contribution in [0, 0.1) is 0 Å². The fourth-order valence-corrected chi connectivity index (χ4v) is 5.36. The van der Waals surface area contributed by atoms with Gasteiger partial charge in [0.05, 0.1) is 0 Å². The molecule has 8 heteroatoms. The van der Waals surface area contributed by atoms with Crippen LogP contribution in [-0.2, 0) is 15.8 Å². The minimum Gasteiger partial charge on any atom is -0.376 e. The second-order valence-corrected chi connectivity index (χ2v) is 10.1. The predicted octanol–water partition coefficient (Wildman–Crippen LogP) is 4.82. The standard InChI is InChI=1S/C27H31F3N2O3/c1-25(35,27(28,29)30)19-9-7-18(8-10-19)24(34)32(21-11-12-21)22-13-15-26(16-14-22,17-23(31)33)20-5-3-2-4-6-20/h2-10,21-22,35H,11-17H2,1H3,(H2,31,33)/t22?,25-,26?/m0/s1. The lowest BCUT2D eigenvalue weighted by atomic mass is 9.66. The van der Waals surface area contributed by atoms with Crippen molar-refractivity contribution in [2.45, 2.75) is 81.1 Å². The maximum absolute atomic E-state index is 13.5. The molecule has 0 radical (unpaired) electrons. The quantitative estimate of drug-likeness (QED) is 0.586. The fraction of sp³-hybridized carbons (Fsp3) is 0.481. The van der Waals surface area contributed by atoms with Crippen molar-refractivity contribution in [3.63, 3.8) is 0 Å². The highest BCUT2D eigenvalue weighted by molar-refractivity contribution is 5.95. The number of benzene rings is 2. The van der Waals surface area contributed by atoms with Gasteiger partial charge in [-0.25, -0.2) is 0 Å². The van der Waals surface area contributed by atoms with Crippen LogP contribution in [0.2, 0.25) is 0 Å². The van der Waals surface area contributed by atoms with Crippen LogP contribution in [0.4, 0.5) is 13.2 Å². The smallest absolute Gasteiger partial charge is 0.376 e. The van der Waals surface area contributed by atoms with Crippen molar-refractivity contribution in [1.29, 1.82) is 0 Å². The Balaban J connectivity index is 1.52. The van der Waals surface area contributed by atoms with Crippen LogP contribution < -0.4 is 5.73 Å². The summed E-state index contributed by atoms with van der Waals surface area (Å²) in [7, 11) is 0. The minimum absolute atomic E-state index is 0.0160. The number of hydrogen-bond acceptors (Lipinski definition) is 3.